The third-order valence-electron chi connectivity index (χ3n) is 11.2. The molecule has 1 aliphatic heterocycles. The van der Waals surface area contributed by atoms with E-state index in [1.807, 2.05) is 76.5 Å². The van der Waals surface area contributed by atoms with E-state index in [2.05, 4.69) is 45.9 Å². The maximum absolute atomic E-state index is 15.0. The van der Waals surface area contributed by atoms with Crippen molar-refractivity contribution in [1.29, 1.82) is 0 Å². The summed E-state index contributed by atoms with van der Waals surface area (Å²) in [5, 5.41) is 31.1. The van der Waals surface area contributed by atoms with Crippen LogP contribution in [0.4, 0.5) is 8.78 Å². The van der Waals surface area contributed by atoms with Gasteiger partial charge in [-0.15, -0.1) is 24.8 Å². The van der Waals surface area contributed by atoms with Crippen molar-refractivity contribution in [1.82, 2.24) is 54.9 Å². The molecule has 11 nitrogen and oxygen atoms in total. The van der Waals surface area contributed by atoms with Gasteiger partial charge in [0.25, 0.3) is 0 Å². The molecule has 2 aromatic carbocycles. The molecule has 0 spiro atoms. The fourth-order valence-corrected chi connectivity index (χ4v) is 8.22. The number of imidazole rings is 2. The van der Waals surface area contributed by atoms with Gasteiger partial charge in [0.15, 0.2) is 11.3 Å². The molecule has 2 fully saturated rings. The number of rotatable bonds is 4. The summed E-state index contributed by atoms with van der Waals surface area (Å²) in [5.74, 6) is 0.175. The second-order valence-electron chi connectivity index (χ2n) is 15.4. The maximum atomic E-state index is 15.0. The molecule has 0 atom stereocenters. The predicted molar refractivity (Wildman–Crippen MR) is 227 cm³/mol. The molecule has 0 bridgehead atoms. The minimum absolute atomic E-state index is 0. The zero-order chi connectivity index (χ0) is 38.5. The highest BCUT2D eigenvalue weighted by atomic mass is 35.5. The molecule has 2 aliphatic rings. The van der Waals surface area contributed by atoms with Crippen LogP contribution in [0.25, 0.3) is 55.6 Å². The smallest absolute Gasteiger partial charge is 0.156 e. The molecule has 7 heterocycles. The second-order valence-corrected chi connectivity index (χ2v) is 15.4. The Labute approximate surface area is 346 Å². The molecule has 15 heteroatoms. The van der Waals surface area contributed by atoms with Crippen LogP contribution in [0.3, 0.4) is 0 Å². The largest absolute Gasteiger partial charge is 0.317 e. The fourth-order valence-electron chi connectivity index (χ4n) is 8.22. The highest BCUT2D eigenvalue weighted by Crippen LogP contribution is 2.34. The van der Waals surface area contributed by atoms with Crippen LogP contribution in [-0.4, -0.2) is 62.7 Å². The minimum Gasteiger partial charge on any atom is -0.317 e. The summed E-state index contributed by atoms with van der Waals surface area (Å²) in [6.45, 7) is 9.76. The van der Waals surface area contributed by atoms with Crippen LogP contribution < -0.4 is 5.32 Å². The van der Waals surface area contributed by atoms with Crippen LogP contribution in [0.2, 0.25) is 0 Å². The normalized spacial score (nSPS) is 15.0. The van der Waals surface area contributed by atoms with E-state index in [9.17, 15) is 8.78 Å². The number of hydrogen-bond donors (Lipinski definition) is 1. The van der Waals surface area contributed by atoms with Crippen molar-refractivity contribution >= 4 is 57.9 Å². The average molecular weight is 825 g/mol. The quantitative estimate of drug-likeness (QED) is 0.185. The number of hydrogen-bond acceptors (Lipinski definition) is 9. The van der Waals surface area contributed by atoms with Crippen LogP contribution in [-0.2, 0) is 0 Å². The fraction of sp³-hybridized carbons (Fsp3) is 0.349. The van der Waals surface area contributed by atoms with E-state index in [1.54, 1.807) is 15.1 Å². The number of nitrogens with one attached hydrogen (secondary N) is 1. The Balaban J connectivity index is 0.000000171. The number of aromatic nitrogens is 10. The van der Waals surface area contributed by atoms with Gasteiger partial charge in [0.2, 0.25) is 0 Å². The molecule has 58 heavy (non-hydrogen) atoms. The van der Waals surface area contributed by atoms with Crippen molar-refractivity contribution in [3.63, 3.8) is 0 Å². The van der Waals surface area contributed by atoms with Crippen LogP contribution in [0.5, 0.6) is 0 Å². The first-order chi connectivity index (χ1) is 27.2. The lowest BCUT2D eigenvalue weighted by molar-refractivity contribution is 0.434. The number of benzene rings is 2. The van der Waals surface area contributed by atoms with Crippen LogP contribution in [0, 0.1) is 39.3 Å². The molecule has 0 radical (unpaired) electrons. The Kier molecular flexibility index (Phi) is 11.9. The standard InChI is InChI=1S/C22H22FN5.C21H21FN6.2ClH/c1-13-8-20(27-28-12-14(2)24-22(13)28)16-9-18(23)17-11-19(25-26-21(17)10-16)15-6-4-3-5-7-15;1-12-7-19(27-28-11-13(2)24-21(12)28)15-8-17(22)16-10-18(25-26-20(16)9-15)14-3-5-23-6-4-14;;/h8-12,15H,3-7H2,1-2H3;7-11,14,23H,3-6H2,1-2H3;2*1H. The highest BCUT2D eigenvalue weighted by molar-refractivity contribution is 5.86. The summed E-state index contributed by atoms with van der Waals surface area (Å²) < 4.78 is 33.4. The van der Waals surface area contributed by atoms with Gasteiger partial charge in [0.05, 0.1) is 57.6 Å². The molecular formula is C43H45Cl2F2N11. The van der Waals surface area contributed by atoms with Crippen LogP contribution in [0.15, 0.2) is 60.9 Å². The molecule has 1 N–H and O–H groups in total. The predicted octanol–water partition coefficient (Wildman–Crippen LogP) is 9.55. The Bertz CT molecular complexity index is 2590. The van der Waals surface area contributed by atoms with Gasteiger partial charge in [0.1, 0.15) is 11.6 Å². The van der Waals surface area contributed by atoms with Gasteiger partial charge < -0.3 is 5.32 Å². The van der Waals surface area contributed by atoms with Gasteiger partial charge in [-0.25, -0.2) is 27.8 Å². The van der Waals surface area contributed by atoms with Gasteiger partial charge >= 0.3 is 0 Å². The first-order valence-electron chi connectivity index (χ1n) is 19.5. The summed E-state index contributed by atoms with van der Waals surface area (Å²) in [4.78, 5) is 8.94. The SMILES string of the molecule is Cc1cn2nc(-c3cc(F)c4cc(C5CCCCC5)nnc4c3)cc(C)c2n1.Cc1cn2nc(-c3cc(F)c4cc(C5CCNCC5)nnc4c3)cc(C)c2n1.Cl.Cl. The third-order valence-corrected chi connectivity index (χ3v) is 11.2. The zero-order valence-electron chi connectivity index (χ0n) is 32.8. The van der Waals surface area contributed by atoms with Crippen LogP contribution >= 0.6 is 24.8 Å². The van der Waals surface area contributed by atoms with Crippen molar-refractivity contribution in [2.24, 2.45) is 0 Å². The topological polar surface area (TPSA) is 124 Å². The molecule has 300 valence electrons. The number of piperidine rings is 1. The van der Waals surface area contributed by atoms with E-state index in [0.29, 0.717) is 56.2 Å². The lowest BCUT2D eigenvalue weighted by Crippen LogP contribution is -2.27. The van der Waals surface area contributed by atoms with Crippen molar-refractivity contribution in [2.75, 3.05) is 13.1 Å². The van der Waals surface area contributed by atoms with Gasteiger partial charge in [-0.1, -0.05) is 19.3 Å². The number of aryl methyl sites for hydroxylation is 4. The maximum Gasteiger partial charge on any atom is 0.156 e. The summed E-state index contributed by atoms with van der Waals surface area (Å²) in [6.07, 6.45) is 11.7. The number of halogens is 4. The lowest BCUT2D eigenvalue weighted by atomic mass is 9.86. The van der Waals surface area contributed by atoms with Gasteiger partial charge in [-0.05, 0) is 126 Å². The van der Waals surface area contributed by atoms with Gasteiger partial charge in [-0.2, -0.15) is 30.6 Å². The Morgan fingerprint density at radius 1 is 0.552 bits per heavy atom. The van der Waals surface area contributed by atoms with E-state index >= 15 is 0 Å². The molecule has 1 saturated heterocycles. The van der Waals surface area contributed by atoms with E-state index in [1.165, 1.54) is 25.3 Å². The number of fused-ring (bicyclic) bond motifs is 4. The van der Waals surface area contributed by atoms with Crippen molar-refractivity contribution < 1.29 is 8.78 Å². The summed E-state index contributed by atoms with van der Waals surface area (Å²) >= 11 is 0. The second kappa shape index (κ2) is 16.9. The van der Waals surface area contributed by atoms with Gasteiger partial charge in [0, 0.05) is 33.7 Å². The molecule has 10 rings (SSSR count). The minimum atomic E-state index is -0.293. The monoisotopic (exact) mass is 823 g/mol. The first-order valence-corrected chi connectivity index (χ1v) is 19.5. The molecule has 8 aromatic rings. The molecule has 1 aliphatic carbocycles. The summed E-state index contributed by atoms with van der Waals surface area (Å²) in [7, 11) is 0. The third kappa shape index (κ3) is 8.07. The van der Waals surface area contributed by atoms with E-state index in [0.717, 1.165) is 84.0 Å². The van der Waals surface area contributed by atoms with Crippen molar-refractivity contribution in [2.45, 2.75) is 84.5 Å². The van der Waals surface area contributed by atoms with Crippen molar-refractivity contribution in [3.8, 4) is 22.5 Å². The van der Waals surface area contributed by atoms with Crippen LogP contribution in [0.1, 0.15) is 90.7 Å². The number of nitrogens with zero attached hydrogens (tertiary/aromatic N) is 10. The molecule has 1 saturated carbocycles. The summed E-state index contributed by atoms with van der Waals surface area (Å²) in [5.41, 5.74) is 11.1. The van der Waals surface area contributed by atoms with E-state index in [-0.39, 0.29) is 36.4 Å². The van der Waals surface area contributed by atoms with E-state index < -0.39 is 0 Å². The Morgan fingerprint density at radius 2 is 1.00 bits per heavy atom. The lowest BCUT2D eigenvalue weighted by Gasteiger charge is -2.21. The first kappa shape index (κ1) is 40.9. The van der Waals surface area contributed by atoms with Gasteiger partial charge in [-0.3, -0.25) is 0 Å². The highest BCUT2D eigenvalue weighted by Gasteiger charge is 2.21. The van der Waals surface area contributed by atoms with Crippen molar-refractivity contribution in [3.05, 3.63) is 106 Å². The Hall–Kier alpha value is -5.24. The van der Waals surface area contributed by atoms with E-state index in [4.69, 9.17) is 0 Å². The molecule has 0 amide bonds. The zero-order valence-corrected chi connectivity index (χ0v) is 34.5. The molecule has 0 unspecified atom stereocenters. The average Bonchev–Trinajstić information content (AvgIpc) is 3.80. The summed E-state index contributed by atoms with van der Waals surface area (Å²) in [6, 6.07) is 14.4. The molecule has 6 aromatic heterocycles. The Morgan fingerprint density at radius 3 is 1.47 bits per heavy atom. The molecular weight excluding hydrogens is 779 g/mol.